The summed E-state index contributed by atoms with van der Waals surface area (Å²) in [5.41, 5.74) is 3.31. The average Bonchev–Trinajstić information content (AvgIpc) is 2.48. The van der Waals surface area contributed by atoms with Gasteiger partial charge in [-0.05, 0) is 52.0 Å². The topological polar surface area (TPSA) is 32.3 Å². The van der Waals surface area contributed by atoms with Crippen molar-refractivity contribution in [3.63, 3.8) is 0 Å². The molecule has 0 aromatic heterocycles. The number of rotatable bonds is 5. The van der Waals surface area contributed by atoms with Crippen LogP contribution in [-0.4, -0.2) is 5.11 Å². The summed E-state index contributed by atoms with van der Waals surface area (Å²) in [5.74, 6) is 0.898. The summed E-state index contributed by atoms with van der Waals surface area (Å²) in [6.07, 6.45) is 1.15. The molecular formula is C17H20BrNO. The maximum atomic E-state index is 9.94. The molecule has 0 radical (unpaired) electrons. The van der Waals surface area contributed by atoms with Gasteiger partial charge in [0.2, 0.25) is 0 Å². The van der Waals surface area contributed by atoms with Gasteiger partial charge in [0.1, 0.15) is 5.75 Å². The van der Waals surface area contributed by atoms with Crippen molar-refractivity contribution in [2.45, 2.75) is 32.7 Å². The Morgan fingerprint density at radius 3 is 2.50 bits per heavy atom. The van der Waals surface area contributed by atoms with Crippen LogP contribution in [0.1, 0.15) is 37.3 Å². The Bertz CT molecular complexity index is 566. The lowest BCUT2D eigenvalue weighted by Gasteiger charge is -2.12. The van der Waals surface area contributed by atoms with Gasteiger partial charge in [0.25, 0.3) is 0 Å². The molecule has 0 saturated heterocycles. The molecule has 1 unspecified atom stereocenters. The molecule has 0 aliphatic rings. The summed E-state index contributed by atoms with van der Waals surface area (Å²) >= 11 is 3.33. The molecule has 2 rings (SSSR count). The normalized spacial score (nSPS) is 12.2. The Morgan fingerprint density at radius 1 is 1.15 bits per heavy atom. The predicted molar refractivity (Wildman–Crippen MR) is 88.3 cm³/mol. The van der Waals surface area contributed by atoms with E-state index in [1.807, 2.05) is 18.2 Å². The molecule has 2 nitrogen and oxygen atoms in total. The molecule has 0 saturated carbocycles. The summed E-state index contributed by atoms with van der Waals surface area (Å²) in [6.45, 7) is 5.04. The zero-order chi connectivity index (χ0) is 14.5. The van der Waals surface area contributed by atoms with E-state index in [2.05, 4.69) is 59.4 Å². The number of halogens is 1. The lowest BCUT2D eigenvalue weighted by atomic mass is 9.98. The van der Waals surface area contributed by atoms with Gasteiger partial charge in [0.15, 0.2) is 0 Å². The zero-order valence-electron chi connectivity index (χ0n) is 11.9. The Labute approximate surface area is 129 Å². The number of anilines is 1. The Hall–Kier alpha value is -1.48. The molecule has 0 aliphatic heterocycles. The van der Waals surface area contributed by atoms with Crippen LogP contribution in [-0.2, 0) is 6.54 Å². The highest BCUT2D eigenvalue weighted by atomic mass is 79.9. The number of nitrogens with one attached hydrogen (secondary N) is 1. The van der Waals surface area contributed by atoms with Crippen LogP contribution >= 0.6 is 15.9 Å². The van der Waals surface area contributed by atoms with E-state index in [-0.39, 0.29) is 0 Å². The minimum atomic E-state index is 0.302. The van der Waals surface area contributed by atoms with Gasteiger partial charge in [0, 0.05) is 17.8 Å². The van der Waals surface area contributed by atoms with Gasteiger partial charge < -0.3 is 10.4 Å². The van der Waals surface area contributed by atoms with Gasteiger partial charge in [-0.15, -0.1) is 0 Å². The minimum Gasteiger partial charge on any atom is -0.506 e. The fraction of sp³-hybridized carbons (Fsp3) is 0.294. The first-order valence-electron chi connectivity index (χ1n) is 6.92. The Morgan fingerprint density at radius 2 is 1.85 bits per heavy atom. The van der Waals surface area contributed by atoms with E-state index in [1.165, 1.54) is 5.56 Å². The largest absolute Gasteiger partial charge is 0.506 e. The molecule has 106 valence electrons. The number of benzene rings is 2. The highest BCUT2D eigenvalue weighted by molar-refractivity contribution is 9.10. The third kappa shape index (κ3) is 3.54. The molecule has 20 heavy (non-hydrogen) atoms. The minimum absolute atomic E-state index is 0.302. The van der Waals surface area contributed by atoms with Crippen molar-refractivity contribution in [1.82, 2.24) is 0 Å². The van der Waals surface area contributed by atoms with E-state index in [9.17, 15) is 5.11 Å². The molecule has 2 aromatic rings. The molecule has 0 amide bonds. The van der Waals surface area contributed by atoms with Crippen molar-refractivity contribution in [1.29, 1.82) is 0 Å². The van der Waals surface area contributed by atoms with E-state index in [0.717, 1.165) is 22.1 Å². The summed E-state index contributed by atoms with van der Waals surface area (Å²) in [5, 5.41) is 13.3. The van der Waals surface area contributed by atoms with Crippen LogP contribution in [0, 0.1) is 0 Å². The van der Waals surface area contributed by atoms with E-state index in [4.69, 9.17) is 0 Å². The van der Waals surface area contributed by atoms with E-state index in [0.29, 0.717) is 18.2 Å². The van der Waals surface area contributed by atoms with Gasteiger partial charge in [-0.3, -0.25) is 0 Å². The highest BCUT2D eigenvalue weighted by Gasteiger charge is 2.05. The Balaban J connectivity index is 2.02. The van der Waals surface area contributed by atoms with Crippen LogP contribution in [0.5, 0.6) is 5.75 Å². The van der Waals surface area contributed by atoms with E-state index in [1.54, 1.807) is 0 Å². The highest BCUT2D eigenvalue weighted by Crippen LogP contribution is 2.28. The number of phenolic OH excluding ortho intramolecular Hbond substituents is 1. The van der Waals surface area contributed by atoms with Gasteiger partial charge in [-0.1, -0.05) is 38.1 Å². The fourth-order valence-corrected chi connectivity index (χ4v) is 2.47. The van der Waals surface area contributed by atoms with Gasteiger partial charge in [-0.2, -0.15) is 0 Å². The third-order valence-corrected chi connectivity index (χ3v) is 4.29. The van der Waals surface area contributed by atoms with Gasteiger partial charge in [-0.25, -0.2) is 0 Å². The lowest BCUT2D eigenvalue weighted by Crippen LogP contribution is -2.00. The molecule has 2 aromatic carbocycles. The number of para-hydroxylation sites is 1. The summed E-state index contributed by atoms with van der Waals surface area (Å²) < 4.78 is 0.726. The second kappa shape index (κ2) is 6.80. The average molecular weight is 334 g/mol. The molecule has 0 bridgehead atoms. The van der Waals surface area contributed by atoms with Crippen molar-refractivity contribution >= 4 is 21.6 Å². The van der Waals surface area contributed by atoms with Gasteiger partial charge in [0.05, 0.1) is 4.47 Å². The van der Waals surface area contributed by atoms with Gasteiger partial charge >= 0.3 is 0 Å². The van der Waals surface area contributed by atoms with Crippen molar-refractivity contribution in [3.8, 4) is 5.75 Å². The van der Waals surface area contributed by atoms with Crippen LogP contribution in [0.25, 0.3) is 0 Å². The molecule has 0 heterocycles. The Kier molecular flexibility index (Phi) is 5.07. The molecule has 2 N–H and O–H groups in total. The number of phenols is 1. The van der Waals surface area contributed by atoms with Crippen LogP contribution < -0.4 is 5.32 Å². The lowest BCUT2D eigenvalue weighted by molar-refractivity contribution is 0.465. The van der Waals surface area contributed by atoms with E-state index >= 15 is 0 Å². The maximum absolute atomic E-state index is 9.94. The van der Waals surface area contributed by atoms with Crippen LogP contribution in [0.3, 0.4) is 0 Å². The maximum Gasteiger partial charge on any atom is 0.134 e. The molecule has 0 fully saturated rings. The predicted octanol–water partition coefficient (Wildman–Crippen LogP) is 5.28. The summed E-state index contributed by atoms with van der Waals surface area (Å²) in [7, 11) is 0. The SMILES string of the molecule is CCC(C)c1ccc(NCc2cccc(Br)c2O)cc1. The first kappa shape index (κ1) is 14.9. The first-order valence-corrected chi connectivity index (χ1v) is 7.71. The van der Waals surface area contributed by atoms with Crippen molar-refractivity contribution in [2.24, 2.45) is 0 Å². The first-order chi connectivity index (χ1) is 9.61. The summed E-state index contributed by atoms with van der Waals surface area (Å²) in [6, 6.07) is 14.2. The third-order valence-electron chi connectivity index (χ3n) is 3.65. The zero-order valence-corrected chi connectivity index (χ0v) is 13.4. The molecular weight excluding hydrogens is 314 g/mol. The van der Waals surface area contributed by atoms with Crippen LogP contribution in [0.2, 0.25) is 0 Å². The molecule has 1 atom stereocenters. The smallest absolute Gasteiger partial charge is 0.134 e. The molecule has 0 aliphatic carbocycles. The second-order valence-corrected chi connectivity index (χ2v) is 5.89. The van der Waals surface area contributed by atoms with Crippen molar-refractivity contribution < 1.29 is 5.11 Å². The number of hydrogen-bond donors (Lipinski definition) is 2. The van der Waals surface area contributed by atoms with Crippen LogP contribution in [0.4, 0.5) is 5.69 Å². The van der Waals surface area contributed by atoms with Crippen molar-refractivity contribution in [3.05, 3.63) is 58.1 Å². The monoisotopic (exact) mass is 333 g/mol. The number of aromatic hydroxyl groups is 1. The number of hydrogen-bond acceptors (Lipinski definition) is 2. The quantitative estimate of drug-likeness (QED) is 0.780. The van der Waals surface area contributed by atoms with Crippen molar-refractivity contribution in [2.75, 3.05) is 5.32 Å². The second-order valence-electron chi connectivity index (χ2n) is 5.03. The van der Waals surface area contributed by atoms with Crippen LogP contribution in [0.15, 0.2) is 46.9 Å². The molecule has 0 spiro atoms. The standard InChI is InChI=1S/C17H20BrNO/c1-3-12(2)13-7-9-15(10-8-13)19-11-14-5-4-6-16(18)17(14)20/h4-10,12,19-20H,3,11H2,1-2H3. The van der Waals surface area contributed by atoms with E-state index < -0.39 is 0 Å². The summed E-state index contributed by atoms with van der Waals surface area (Å²) in [4.78, 5) is 0. The fourth-order valence-electron chi connectivity index (χ4n) is 2.07. The molecule has 3 heteroatoms.